The smallest absolute Gasteiger partial charge is 0.315 e. The van der Waals surface area contributed by atoms with Crippen LogP contribution in [-0.4, -0.2) is 18.6 Å². The molecule has 0 aliphatic heterocycles. The molecule has 3 rings (SSSR count). The van der Waals surface area contributed by atoms with Crippen LogP contribution in [0, 0.1) is 0 Å². The highest BCUT2D eigenvalue weighted by atomic mass is 35.5. The van der Waals surface area contributed by atoms with Crippen LogP contribution in [0.15, 0.2) is 54.6 Å². The van der Waals surface area contributed by atoms with Crippen molar-refractivity contribution in [3.05, 3.63) is 70.7 Å². The second kappa shape index (κ2) is 8.91. The van der Waals surface area contributed by atoms with Crippen molar-refractivity contribution < 1.29 is 4.79 Å². The molecule has 2 N–H and O–H groups in total. The normalized spacial score (nSPS) is 19.1. The van der Waals surface area contributed by atoms with Crippen LogP contribution in [0.3, 0.4) is 0 Å². The molecule has 0 unspecified atom stereocenters. The lowest BCUT2D eigenvalue weighted by molar-refractivity contribution is 0.222. The summed E-state index contributed by atoms with van der Waals surface area (Å²) in [5.74, 6) is 0.509. The third-order valence-electron chi connectivity index (χ3n) is 4.81. The second-order valence-electron chi connectivity index (χ2n) is 6.76. The van der Waals surface area contributed by atoms with Crippen molar-refractivity contribution in [3.8, 4) is 0 Å². The Morgan fingerprint density at radius 3 is 2.60 bits per heavy atom. The quantitative estimate of drug-likeness (QED) is 0.680. The first-order valence-electron chi connectivity index (χ1n) is 9.04. The zero-order valence-corrected chi connectivity index (χ0v) is 15.1. The summed E-state index contributed by atoms with van der Waals surface area (Å²) < 4.78 is 0. The molecule has 4 heteroatoms. The van der Waals surface area contributed by atoms with Crippen LogP contribution >= 0.6 is 11.6 Å². The minimum atomic E-state index is -0.0470. The summed E-state index contributed by atoms with van der Waals surface area (Å²) in [6.07, 6.45) is 5.13. The summed E-state index contributed by atoms with van der Waals surface area (Å²) in [5.41, 5.74) is 2.63. The monoisotopic (exact) mass is 356 g/mol. The Labute approximate surface area is 154 Å². The van der Waals surface area contributed by atoms with Crippen LogP contribution in [0.4, 0.5) is 4.79 Å². The number of halogens is 1. The van der Waals surface area contributed by atoms with E-state index in [1.807, 2.05) is 24.3 Å². The Bertz CT molecular complexity index is 683. The Morgan fingerprint density at radius 1 is 1.04 bits per heavy atom. The Balaban J connectivity index is 1.27. The van der Waals surface area contributed by atoms with E-state index in [0.29, 0.717) is 5.92 Å². The van der Waals surface area contributed by atoms with E-state index < -0.39 is 0 Å². The molecule has 0 aromatic heterocycles. The lowest BCUT2D eigenvalue weighted by atomic mass is 9.76. The van der Waals surface area contributed by atoms with Gasteiger partial charge in [0.1, 0.15) is 0 Å². The van der Waals surface area contributed by atoms with Gasteiger partial charge in [0.15, 0.2) is 0 Å². The molecule has 0 bridgehead atoms. The highest BCUT2D eigenvalue weighted by molar-refractivity contribution is 6.30. The molecule has 132 valence electrons. The van der Waals surface area contributed by atoms with Gasteiger partial charge in [0.25, 0.3) is 0 Å². The standard InChI is InChI=1S/C21H25ClN2O/c22-19-11-6-10-17(13-19)18-14-20(15-18)24-21(25)23-12-5-4-9-16-7-2-1-3-8-16/h1-3,6-8,10-11,13,18,20H,4-5,9,12,14-15H2,(H2,23,24,25). The van der Waals surface area contributed by atoms with Gasteiger partial charge in [0, 0.05) is 17.6 Å². The number of amides is 2. The minimum Gasteiger partial charge on any atom is -0.338 e. The maximum Gasteiger partial charge on any atom is 0.315 e. The zero-order valence-electron chi connectivity index (χ0n) is 14.4. The summed E-state index contributed by atoms with van der Waals surface area (Å²) in [6, 6.07) is 18.7. The van der Waals surface area contributed by atoms with Gasteiger partial charge in [-0.15, -0.1) is 0 Å². The number of hydrogen-bond acceptors (Lipinski definition) is 1. The number of unbranched alkanes of at least 4 members (excludes halogenated alkanes) is 1. The molecule has 25 heavy (non-hydrogen) atoms. The van der Waals surface area contributed by atoms with Crippen LogP contribution in [-0.2, 0) is 6.42 Å². The van der Waals surface area contributed by atoms with Gasteiger partial charge in [0.2, 0.25) is 0 Å². The number of carbonyl (C=O) groups excluding carboxylic acids is 1. The largest absolute Gasteiger partial charge is 0.338 e. The average molecular weight is 357 g/mol. The van der Waals surface area contributed by atoms with E-state index in [-0.39, 0.29) is 12.1 Å². The number of rotatable bonds is 7. The van der Waals surface area contributed by atoms with Crippen molar-refractivity contribution in [2.24, 2.45) is 0 Å². The molecule has 0 heterocycles. The van der Waals surface area contributed by atoms with Gasteiger partial charge in [-0.05, 0) is 61.3 Å². The maximum absolute atomic E-state index is 11.9. The van der Waals surface area contributed by atoms with Gasteiger partial charge in [-0.2, -0.15) is 0 Å². The molecule has 2 aromatic carbocycles. The van der Waals surface area contributed by atoms with Crippen LogP contribution in [0.5, 0.6) is 0 Å². The van der Waals surface area contributed by atoms with E-state index in [0.717, 1.165) is 43.7 Å². The molecular formula is C21H25ClN2O. The predicted octanol–water partition coefficient (Wildman–Crippen LogP) is 4.91. The summed E-state index contributed by atoms with van der Waals surface area (Å²) in [6.45, 7) is 0.725. The second-order valence-corrected chi connectivity index (χ2v) is 7.20. The number of hydrogen-bond donors (Lipinski definition) is 2. The molecule has 0 radical (unpaired) electrons. The summed E-state index contributed by atoms with van der Waals surface area (Å²) in [5, 5.41) is 6.80. The van der Waals surface area contributed by atoms with Gasteiger partial charge in [-0.25, -0.2) is 4.79 Å². The molecular weight excluding hydrogens is 332 g/mol. The Kier molecular flexibility index (Phi) is 6.35. The van der Waals surface area contributed by atoms with E-state index in [1.54, 1.807) is 0 Å². The number of urea groups is 1. The highest BCUT2D eigenvalue weighted by Gasteiger charge is 2.31. The SMILES string of the molecule is O=C(NCCCCc1ccccc1)NC1CC(c2cccc(Cl)c2)C1. The van der Waals surface area contributed by atoms with Crippen molar-refractivity contribution in [2.45, 2.75) is 44.1 Å². The lowest BCUT2D eigenvalue weighted by Crippen LogP contribution is -2.47. The van der Waals surface area contributed by atoms with E-state index in [4.69, 9.17) is 11.6 Å². The number of nitrogens with one attached hydrogen (secondary N) is 2. The predicted molar refractivity (Wildman–Crippen MR) is 103 cm³/mol. The zero-order chi connectivity index (χ0) is 17.5. The van der Waals surface area contributed by atoms with Gasteiger partial charge < -0.3 is 10.6 Å². The fraction of sp³-hybridized carbons (Fsp3) is 0.381. The molecule has 1 aliphatic carbocycles. The summed E-state index contributed by atoms with van der Waals surface area (Å²) >= 11 is 6.03. The molecule has 1 fully saturated rings. The first-order valence-corrected chi connectivity index (χ1v) is 9.42. The molecule has 0 atom stereocenters. The third-order valence-corrected chi connectivity index (χ3v) is 5.05. The molecule has 1 aliphatic rings. The van der Waals surface area contributed by atoms with Crippen molar-refractivity contribution in [2.75, 3.05) is 6.54 Å². The van der Waals surface area contributed by atoms with E-state index in [9.17, 15) is 4.79 Å². The fourth-order valence-electron chi connectivity index (χ4n) is 3.31. The number of benzene rings is 2. The molecule has 2 amide bonds. The summed E-state index contributed by atoms with van der Waals surface area (Å²) in [4.78, 5) is 11.9. The summed E-state index contributed by atoms with van der Waals surface area (Å²) in [7, 11) is 0. The molecule has 1 saturated carbocycles. The highest BCUT2D eigenvalue weighted by Crippen LogP contribution is 2.37. The van der Waals surface area contributed by atoms with E-state index in [1.165, 1.54) is 11.1 Å². The number of carbonyl (C=O) groups is 1. The molecule has 0 spiro atoms. The lowest BCUT2D eigenvalue weighted by Gasteiger charge is -2.36. The van der Waals surface area contributed by atoms with Gasteiger partial charge in [-0.1, -0.05) is 54.1 Å². The molecule has 0 saturated heterocycles. The van der Waals surface area contributed by atoms with E-state index in [2.05, 4.69) is 41.0 Å². The van der Waals surface area contributed by atoms with Crippen LogP contribution in [0.2, 0.25) is 5.02 Å². The van der Waals surface area contributed by atoms with Crippen molar-refractivity contribution >= 4 is 17.6 Å². The first kappa shape index (κ1) is 17.8. The number of aryl methyl sites for hydroxylation is 1. The first-order chi connectivity index (χ1) is 12.2. The molecule has 2 aromatic rings. The van der Waals surface area contributed by atoms with Gasteiger partial charge in [0.05, 0.1) is 0 Å². The Morgan fingerprint density at radius 2 is 1.84 bits per heavy atom. The van der Waals surface area contributed by atoms with Crippen LogP contribution < -0.4 is 10.6 Å². The van der Waals surface area contributed by atoms with Crippen molar-refractivity contribution in [1.82, 2.24) is 10.6 Å². The van der Waals surface area contributed by atoms with Crippen LogP contribution in [0.25, 0.3) is 0 Å². The molecule has 3 nitrogen and oxygen atoms in total. The van der Waals surface area contributed by atoms with Gasteiger partial charge >= 0.3 is 6.03 Å². The third kappa shape index (κ3) is 5.50. The topological polar surface area (TPSA) is 41.1 Å². The Hall–Kier alpha value is -2.00. The fourth-order valence-corrected chi connectivity index (χ4v) is 3.50. The van der Waals surface area contributed by atoms with E-state index >= 15 is 0 Å². The minimum absolute atomic E-state index is 0.0470. The van der Waals surface area contributed by atoms with Crippen molar-refractivity contribution in [3.63, 3.8) is 0 Å². The maximum atomic E-state index is 11.9. The van der Waals surface area contributed by atoms with Crippen molar-refractivity contribution in [1.29, 1.82) is 0 Å². The van der Waals surface area contributed by atoms with Crippen LogP contribution in [0.1, 0.15) is 42.7 Å². The van der Waals surface area contributed by atoms with Gasteiger partial charge in [-0.3, -0.25) is 0 Å². The average Bonchev–Trinajstić information content (AvgIpc) is 2.58.